The van der Waals surface area contributed by atoms with Crippen molar-refractivity contribution in [3.63, 3.8) is 0 Å². The molecular weight excluding hydrogens is 442 g/mol. The third kappa shape index (κ3) is 3.52. The maximum Gasteiger partial charge on any atom is 0.302 e. The highest BCUT2D eigenvalue weighted by atomic mass is 32.2. The highest BCUT2D eigenvalue weighted by Gasteiger charge is 2.38. The number of nitrogens with zero attached hydrogens (tertiary/aromatic N) is 5. The molecule has 0 saturated carbocycles. The summed E-state index contributed by atoms with van der Waals surface area (Å²) in [7, 11) is -2.21. The lowest BCUT2D eigenvalue weighted by atomic mass is 9.93. The van der Waals surface area contributed by atoms with Gasteiger partial charge in [-0.25, -0.2) is 13.8 Å². The Morgan fingerprint density at radius 3 is 2.78 bits per heavy atom. The van der Waals surface area contributed by atoms with Gasteiger partial charge in [0, 0.05) is 49.5 Å². The van der Waals surface area contributed by atoms with Crippen LogP contribution in [0.2, 0.25) is 0 Å². The summed E-state index contributed by atoms with van der Waals surface area (Å²) in [5, 5.41) is 4.00. The van der Waals surface area contributed by atoms with Gasteiger partial charge < -0.3 is 15.0 Å². The van der Waals surface area contributed by atoms with E-state index in [4.69, 9.17) is 10.5 Å². The molecule has 1 aromatic carbocycles. The average Bonchev–Trinajstić information content (AvgIpc) is 3.45. The van der Waals surface area contributed by atoms with Crippen molar-refractivity contribution in [2.24, 2.45) is 12.8 Å². The molecule has 0 bridgehead atoms. The number of ether oxygens (including phenoxy) is 1. The Bertz CT molecular complexity index is 1270. The van der Waals surface area contributed by atoms with Gasteiger partial charge in [0.25, 0.3) is 0 Å². The maximum atomic E-state index is 14.2. The van der Waals surface area contributed by atoms with E-state index >= 15 is 0 Å². The normalized spacial score (nSPS) is 24.1. The van der Waals surface area contributed by atoms with Gasteiger partial charge in [0.2, 0.25) is 0 Å². The molecule has 0 aliphatic carbocycles. The fourth-order valence-electron chi connectivity index (χ4n) is 4.38. The van der Waals surface area contributed by atoms with E-state index in [0.717, 1.165) is 27.8 Å². The quantitative estimate of drug-likeness (QED) is 0.620. The largest absolute Gasteiger partial charge is 0.370 e. The van der Waals surface area contributed by atoms with E-state index in [9.17, 15) is 17.2 Å². The van der Waals surface area contributed by atoms with Crippen LogP contribution in [-0.2, 0) is 34.9 Å². The van der Waals surface area contributed by atoms with Gasteiger partial charge in [-0.1, -0.05) is 0 Å². The molecule has 3 aromatic rings. The number of hydrogen-bond donors (Lipinski definition) is 1. The predicted molar refractivity (Wildman–Crippen MR) is 109 cm³/mol. The van der Waals surface area contributed by atoms with Gasteiger partial charge in [-0.3, -0.25) is 4.90 Å². The summed E-state index contributed by atoms with van der Waals surface area (Å²) in [6, 6.07) is 2.60. The Balaban J connectivity index is 1.32. The Morgan fingerprint density at radius 1 is 1.25 bits per heavy atom. The minimum absolute atomic E-state index is 0.0765. The second-order valence-corrected chi connectivity index (χ2v) is 9.93. The molecule has 32 heavy (non-hydrogen) atoms. The zero-order valence-corrected chi connectivity index (χ0v) is 18.0. The van der Waals surface area contributed by atoms with E-state index in [1.807, 2.05) is 0 Å². The molecule has 170 valence electrons. The van der Waals surface area contributed by atoms with Crippen LogP contribution in [0.4, 0.5) is 8.78 Å². The summed E-state index contributed by atoms with van der Waals surface area (Å²) in [5.74, 6) is -1.10. The number of hydrogen-bond acceptors (Lipinski definition) is 7. The zero-order chi connectivity index (χ0) is 22.6. The van der Waals surface area contributed by atoms with Gasteiger partial charge in [0.1, 0.15) is 17.7 Å². The van der Waals surface area contributed by atoms with Crippen molar-refractivity contribution >= 4 is 10.0 Å². The van der Waals surface area contributed by atoms with Crippen LogP contribution in [0.1, 0.15) is 29.3 Å². The summed E-state index contributed by atoms with van der Waals surface area (Å²) in [6.07, 6.45) is 4.14. The van der Waals surface area contributed by atoms with Crippen molar-refractivity contribution < 1.29 is 21.9 Å². The Hall–Kier alpha value is -2.67. The summed E-state index contributed by atoms with van der Waals surface area (Å²) >= 11 is 0. The lowest BCUT2D eigenvalue weighted by molar-refractivity contribution is -0.0533. The first kappa shape index (κ1) is 21.2. The molecule has 0 amide bonds. The third-order valence-electron chi connectivity index (χ3n) is 6.00. The topological polar surface area (TPSA) is 108 Å². The third-order valence-corrected chi connectivity index (χ3v) is 7.51. The first-order chi connectivity index (χ1) is 15.2. The van der Waals surface area contributed by atoms with Crippen molar-refractivity contribution in [1.29, 1.82) is 0 Å². The monoisotopic (exact) mass is 464 g/mol. The van der Waals surface area contributed by atoms with Crippen LogP contribution in [0.5, 0.6) is 0 Å². The van der Waals surface area contributed by atoms with Gasteiger partial charge in [-0.05, 0) is 24.6 Å². The van der Waals surface area contributed by atoms with Crippen molar-refractivity contribution in [2.45, 2.75) is 42.7 Å². The predicted octanol–water partition coefficient (Wildman–Crippen LogP) is 1.30. The first-order valence-electron chi connectivity index (χ1n) is 10.1. The minimum atomic E-state index is -3.90. The highest BCUT2D eigenvalue weighted by Crippen LogP contribution is 2.34. The molecule has 4 heterocycles. The molecule has 2 aliphatic heterocycles. The number of halogens is 2. The fraction of sp³-hybridized carbons (Fsp3) is 0.400. The summed E-state index contributed by atoms with van der Waals surface area (Å²) in [5.41, 5.74) is 7.76. The standard InChI is InChI=1S/C20H22F2N6O3S/c1-26-9-19(24-11-26)32(29,30)28-18-8-27(7-12(18)6-25-28)14-5-17(23)20(31-10-14)15-4-13(21)2-3-16(15)22/h2-4,6,9,11,14,17,20H,5,7-8,10,23H2,1H3/t14-,17+,20-/m1/s1. The summed E-state index contributed by atoms with van der Waals surface area (Å²) in [4.78, 5) is 6.01. The Labute approximate surface area is 183 Å². The van der Waals surface area contributed by atoms with Crippen LogP contribution in [0, 0.1) is 11.6 Å². The molecule has 1 saturated heterocycles. The molecule has 1 fully saturated rings. The molecule has 5 rings (SSSR count). The average molecular weight is 464 g/mol. The minimum Gasteiger partial charge on any atom is -0.370 e. The number of aryl methyl sites for hydroxylation is 1. The molecule has 9 nitrogen and oxygen atoms in total. The van der Waals surface area contributed by atoms with E-state index in [1.165, 1.54) is 12.5 Å². The molecule has 0 unspecified atom stereocenters. The number of fused-ring (bicyclic) bond motifs is 1. The van der Waals surface area contributed by atoms with Crippen molar-refractivity contribution in [3.05, 3.63) is 65.4 Å². The second kappa shape index (κ2) is 7.73. The molecule has 0 radical (unpaired) electrons. The van der Waals surface area contributed by atoms with Gasteiger partial charge >= 0.3 is 10.0 Å². The lowest BCUT2D eigenvalue weighted by Crippen LogP contribution is -2.47. The van der Waals surface area contributed by atoms with E-state index in [2.05, 4.69) is 15.0 Å². The molecular formula is C20H22F2N6O3S. The van der Waals surface area contributed by atoms with Gasteiger partial charge in [0.05, 0.1) is 24.8 Å². The van der Waals surface area contributed by atoms with Crippen LogP contribution in [0.3, 0.4) is 0 Å². The van der Waals surface area contributed by atoms with Gasteiger partial charge in [-0.15, -0.1) is 0 Å². The number of rotatable bonds is 4. The van der Waals surface area contributed by atoms with E-state index in [-0.39, 0.29) is 23.2 Å². The van der Waals surface area contributed by atoms with Crippen molar-refractivity contribution in [2.75, 3.05) is 6.61 Å². The lowest BCUT2D eigenvalue weighted by Gasteiger charge is -2.38. The molecule has 0 spiro atoms. The number of aromatic nitrogens is 4. The SMILES string of the molecule is Cn1cnc(S(=O)(=O)n2ncc3c2CN([C@H]2CO[C@H](c4cc(F)ccc4F)[C@@H](N)C2)C3)c1. The van der Waals surface area contributed by atoms with Gasteiger partial charge in [-0.2, -0.15) is 17.6 Å². The van der Waals surface area contributed by atoms with Gasteiger partial charge in [0.15, 0.2) is 5.03 Å². The molecule has 2 aromatic heterocycles. The van der Waals surface area contributed by atoms with Crippen LogP contribution in [0.25, 0.3) is 0 Å². The van der Waals surface area contributed by atoms with Crippen LogP contribution in [-0.4, -0.2) is 50.7 Å². The van der Waals surface area contributed by atoms with Crippen LogP contribution in [0.15, 0.2) is 41.9 Å². The number of benzene rings is 1. The van der Waals surface area contributed by atoms with E-state index < -0.39 is 33.8 Å². The Kier molecular flexibility index (Phi) is 5.12. The summed E-state index contributed by atoms with van der Waals surface area (Å²) in [6.45, 7) is 1.10. The van der Waals surface area contributed by atoms with E-state index in [0.29, 0.717) is 25.2 Å². The fourth-order valence-corrected chi connectivity index (χ4v) is 5.67. The van der Waals surface area contributed by atoms with Crippen LogP contribution >= 0.6 is 0 Å². The smallest absolute Gasteiger partial charge is 0.302 e. The first-order valence-corrected chi connectivity index (χ1v) is 11.5. The second-order valence-electron chi connectivity index (χ2n) is 8.22. The molecule has 12 heteroatoms. The number of nitrogens with two attached hydrogens (primary N) is 1. The maximum absolute atomic E-state index is 14.2. The number of imidazole rings is 1. The van der Waals surface area contributed by atoms with Crippen molar-refractivity contribution in [3.8, 4) is 0 Å². The summed E-state index contributed by atoms with van der Waals surface area (Å²) < 4.78 is 62.1. The van der Waals surface area contributed by atoms with E-state index in [1.54, 1.807) is 17.8 Å². The van der Waals surface area contributed by atoms with Crippen molar-refractivity contribution in [1.82, 2.24) is 23.6 Å². The molecule has 3 atom stereocenters. The molecule has 2 N–H and O–H groups in total. The highest BCUT2D eigenvalue weighted by molar-refractivity contribution is 7.89. The Morgan fingerprint density at radius 2 is 2.06 bits per heavy atom. The van der Waals surface area contributed by atoms with Crippen LogP contribution < -0.4 is 5.73 Å². The zero-order valence-electron chi connectivity index (χ0n) is 17.2. The molecule has 2 aliphatic rings.